The van der Waals surface area contributed by atoms with E-state index in [1.165, 1.54) is 6.08 Å². The van der Waals surface area contributed by atoms with E-state index in [1.807, 2.05) is 0 Å². The molecule has 1 aliphatic heterocycles. The average molecular weight is 146 g/mol. The lowest BCUT2D eigenvalue weighted by atomic mass is 10.1. The molecule has 0 radical (unpaired) electrons. The van der Waals surface area contributed by atoms with E-state index >= 15 is 0 Å². The van der Waals surface area contributed by atoms with Gasteiger partial charge < -0.3 is 20.1 Å². The van der Waals surface area contributed by atoms with Gasteiger partial charge in [0.15, 0.2) is 0 Å². The van der Waals surface area contributed by atoms with E-state index in [-0.39, 0.29) is 13.2 Å². The molecule has 1 aliphatic rings. The summed E-state index contributed by atoms with van der Waals surface area (Å²) in [4.78, 5) is 0. The minimum absolute atomic E-state index is 0.0492. The molecule has 1 heterocycles. The molecule has 0 spiro atoms. The van der Waals surface area contributed by atoms with Crippen molar-refractivity contribution in [2.24, 2.45) is 0 Å². The maximum Gasteiger partial charge on any atom is 0.120 e. The molecule has 0 unspecified atom stereocenters. The first-order chi connectivity index (χ1) is 4.74. The molecule has 0 aromatic carbocycles. The summed E-state index contributed by atoms with van der Waals surface area (Å²) in [5, 5.41) is 26.4. The largest absolute Gasteiger partial charge is 0.493 e. The van der Waals surface area contributed by atoms with Crippen molar-refractivity contribution >= 4 is 0 Å². The predicted molar refractivity (Wildman–Crippen MR) is 33.1 cm³/mol. The molecule has 4 heteroatoms. The average Bonchev–Trinajstić information content (AvgIpc) is 1.95. The van der Waals surface area contributed by atoms with Gasteiger partial charge >= 0.3 is 0 Å². The minimum Gasteiger partial charge on any atom is -0.493 e. The topological polar surface area (TPSA) is 69.9 Å². The SMILES string of the molecule is OCC1=C[C@H](O)[C@H](O)CO1. The molecule has 58 valence electrons. The monoisotopic (exact) mass is 146 g/mol. The van der Waals surface area contributed by atoms with E-state index in [0.29, 0.717) is 5.76 Å². The van der Waals surface area contributed by atoms with Gasteiger partial charge in [0, 0.05) is 0 Å². The van der Waals surface area contributed by atoms with Crippen LogP contribution in [0.4, 0.5) is 0 Å². The van der Waals surface area contributed by atoms with Crippen LogP contribution in [0, 0.1) is 0 Å². The van der Waals surface area contributed by atoms with Crippen LogP contribution in [0.2, 0.25) is 0 Å². The highest BCUT2D eigenvalue weighted by atomic mass is 16.5. The van der Waals surface area contributed by atoms with Gasteiger partial charge in [0.05, 0.1) is 0 Å². The standard InChI is InChI=1S/C6H10O4/c7-2-4-1-5(8)6(9)3-10-4/h1,5-9H,2-3H2/t5-,6+/m0/s1. The van der Waals surface area contributed by atoms with Crippen LogP contribution in [0.3, 0.4) is 0 Å². The highest BCUT2D eigenvalue weighted by Gasteiger charge is 2.20. The summed E-state index contributed by atoms with van der Waals surface area (Å²) in [6.07, 6.45) is -0.472. The smallest absolute Gasteiger partial charge is 0.120 e. The van der Waals surface area contributed by atoms with Gasteiger partial charge in [-0.25, -0.2) is 0 Å². The van der Waals surface area contributed by atoms with Crippen molar-refractivity contribution in [1.82, 2.24) is 0 Å². The van der Waals surface area contributed by atoms with Gasteiger partial charge in [-0.15, -0.1) is 0 Å². The molecule has 0 fully saturated rings. The van der Waals surface area contributed by atoms with Crippen molar-refractivity contribution in [2.75, 3.05) is 13.2 Å². The molecule has 4 nitrogen and oxygen atoms in total. The zero-order valence-corrected chi connectivity index (χ0v) is 5.40. The van der Waals surface area contributed by atoms with E-state index in [9.17, 15) is 0 Å². The van der Waals surface area contributed by atoms with E-state index in [4.69, 9.17) is 20.1 Å². The summed E-state index contributed by atoms with van der Waals surface area (Å²) >= 11 is 0. The van der Waals surface area contributed by atoms with Gasteiger partial charge in [0.25, 0.3) is 0 Å². The molecule has 0 aromatic rings. The Morgan fingerprint density at radius 2 is 2.30 bits per heavy atom. The third kappa shape index (κ3) is 1.47. The van der Waals surface area contributed by atoms with Crippen molar-refractivity contribution in [1.29, 1.82) is 0 Å². The molecule has 0 aromatic heterocycles. The molecule has 0 aliphatic carbocycles. The lowest BCUT2D eigenvalue weighted by Crippen LogP contribution is -2.33. The van der Waals surface area contributed by atoms with Crippen LogP contribution >= 0.6 is 0 Å². The first-order valence-electron chi connectivity index (χ1n) is 3.04. The number of hydrogen-bond donors (Lipinski definition) is 3. The summed E-state index contributed by atoms with van der Waals surface area (Å²) in [7, 11) is 0. The van der Waals surface area contributed by atoms with Crippen LogP contribution in [0.5, 0.6) is 0 Å². The quantitative estimate of drug-likeness (QED) is 0.426. The molecule has 0 amide bonds. The van der Waals surface area contributed by atoms with Gasteiger partial charge in [-0.2, -0.15) is 0 Å². The number of aliphatic hydroxyl groups excluding tert-OH is 3. The van der Waals surface area contributed by atoms with E-state index in [2.05, 4.69) is 0 Å². The molecule has 0 saturated carbocycles. The molecule has 3 N–H and O–H groups in total. The van der Waals surface area contributed by atoms with Crippen LogP contribution in [-0.4, -0.2) is 40.7 Å². The highest BCUT2D eigenvalue weighted by Crippen LogP contribution is 2.09. The molecular formula is C6H10O4. The normalized spacial score (nSPS) is 32.9. The van der Waals surface area contributed by atoms with Gasteiger partial charge in [-0.1, -0.05) is 0 Å². The maximum atomic E-state index is 8.96. The Hall–Kier alpha value is -0.580. The van der Waals surface area contributed by atoms with Crippen LogP contribution in [0.25, 0.3) is 0 Å². The number of rotatable bonds is 1. The second kappa shape index (κ2) is 3.01. The molecule has 0 bridgehead atoms. The molecular weight excluding hydrogens is 136 g/mol. The second-order valence-electron chi connectivity index (χ2n) is 2.16. The Kier molecular flexibility index (Phi) is 2.26. The Morgan fingerprint density at radius 3 is 2.80 bits per heavy atom. The van der Waals surface area contributed by atoms with Gasteiger partial charge in [0.2, 0.25) is 0 Å². The fourth-order valence-corrected chi connectivity index (χ4v) is 0.739. The Balaban J connectivity index is 2.56. The lowest BCUT2D eigenvalue weighted by molar-refractivity contribution is -0.0263. The first kappa shape index (κ1) is 7.53. The van der Waals surface area contributed by atoms with E-state index < -0.39 is 12.2 Å². The maximum absolute atomic E-state index is 8.96. The Labute approximate surface area is 58.4 Å². The summed E-state index contributed by atoms with van der Waals surface area (Å²) in [6, 6.07) is 0. The predicted octanol–water partition coefficient (Wildman–Crippen LogP) is -1.39. The lowest BCUT2D eigenvalue weighted by Gasteiger charge is -2.22. The van der Waals surface area contributed by atoms with Gasteiger partial charge in [-0.3, -0.25) is 0 Å². The van der Waals surface area contributed by atoms with Crippen LogP contribution in [0.15, 0.2) is 11.8 Å². The summed E-state index contributed by atoms with van der Waals surface area (Å²) in [5.74, 6) is 0.317. The third-order valence-electron chi connectivity index (χ3n) is 1.35. The molecule has 10 heavy (non-hydrogen) atoms. The molecule has 2 atom stereocenters. The third-order valence-corrected chi connectivity index (χ3v) is 1.35. The highest BCUT2D eigenvalue weighted by molar-refractivity contribution is 5.03. The van der Waals surface area contributed by atoms with Crippen molar-refractivity contribution < 1.29 is 20.1 Å². The summed E-state index contributed by atoms with van der Waals surface area (Å²) in [5.41, 5.74) is 0. The number of ether oxygens (including phenoxy) is 1. The van der Waals surface area contributed by atoms with E-state index in [1.54, 1.807) is 0 Å². The molecule has 0 saturated heterocycles. The van der Waals surface area contributed by atoms with Crippen molar-refractivity contribution in [2.45, 2.75) is 12.2 Å². The van der Waals surface area contributed by atoms with Crippen LogP contribution in [-0.2, 0) is 4.74 Å². The fraction of sp³-hybridized carbons (Fsp3) is 0.667. The first-order valence-corrected chi connectivity index (χ1v) is 3.04. The van der Waals surface area contributed by atoms with E-state index in [0.717, 1.165) is 0 Å². The minimum atomic E-state index is -0.907. The molecule has 1 rings (SSSR count). The van der Waals surface area contributed by atoms with Crippen LogP contribution < -0.4 is 0 Å². The van der Waals surface area contributed by atoms with Gasteiger partial charge in [0.1, 0.15) is 31.2 Å². The fourth-order valence-electron chi connectivity index (χ4n) is 0.739. The second-order valence-corrected chi connectivity index (χ2v) is 2.16. The zero-order valence-electron chi connectivity index (χ0n) is 5.40. The van der Waals surface area contributed by atoms with Gasteiger partial charge in [-0.05, 0) is 6.08 Å². The number of hydrogen-bond acceptors (Lipinski definition) is 4. The van der Waals surface area contributed by atoms with Crippen molar-refractivity contribution in [3.63, 3.8) is 0 Å². The van der Waals surface area contributed by atoms with Crippen molar-refractivity contribution in [3.05, 3.63) is 11.8 Å². The van der Waals surface area contributed by atoms with Crippen molar-refractivity contribution in [3.8, 4) is 0 Å². The Bertz CT molecular complexity index is 143. The van der Waals surface area contributed by atoms with Crippen LogP contribution in [0.1, 0.15) is 0 Å². The number of aliphatic hydroxyl groups is 3. The zero-order chi connectivity index (χ0) is 7.56. The summed E-state index contributed by atoms with van der Waals surface area (Å²) < 4.78 is 4.81. The summed E-state index contributed by atoms with van der Waals surface area (Å²) in [6.45, 7) is -0.183. The Morgan fingerprint density at radius 1 is 1.60 bits per heavy atom.